The summed E-state index contributed by atoms with van der Waals surface area (Å²) in [6, 6.07) is 8.24. The number of ether oxygens (including phenoxy) is 2. The Hall–Kier alpha value is -1.79. The molecule has 1 aromatic carbocycles. The van der Waals surface area contributed by atoms with E-state index >= 15 is 0 Å². The highest BCUT2D eigenvalue weighted by molar-refractivity contribution is 5.79. The SMILES string of the molecule is CN=C(NCCN1CCOCC1)NCC1Cc2ccccc2O1. The lowest BCUT2D eigenvalue weighted by molar-refractivity contribution is 0.0389. The Bertz CT molecular complexity index is 504. The van der Waals surface area contributed by atoms with Crippen LogP contribution in [-0.4, -0.2) is 69.9 Å². The second-order valence-corrected chi connectivity index (χ2v) is 5.89. The summed E-state index contributed by atoms with van der Waals surface area (Å²) in [6.07, 6.45) is 1.12. The zero-order valence-electron chi connectivity index (χ0n) is 13.8. The van der Waals surface area contributed by atoms with Gasteiger partial charge in [-0.3, -0.25) is 9.89 Å². The first-order valence-corrected chi connectivity index (χ1v) is 8.34. The third-order valence-corrected chi connectivity index (χ3v) is 4.26. The molecule has 2 aliphatic heterocycles. The first-order chi connectivity index (χ1) is 11.3. The maximum Gasteiger partial charge on any atom is 0.191 e. The van der Waals surface area contributed by atoms with E-state index in [0.29, 0.717) is 0 Å². The monoisotopic (exact) mass is 318 g/mol. The van der Waals surface area contributed by atoms with E-state index in [9.17, 15) is 0 Å². The van der Waals surface area contributed by atoms with E-state index < -0.39 is 0 Å². The van der Waals surface area contributed by atoms with Crippen LogP contribution in [0, 0.1) is 0 Å². The number of aliphatic imine (C=N–C) groups is 1. The maximum atomic E-state index is 5.93. The fourth-order valence-electron chi connectivity index (χ4n) is 2.96. The molecule has 0 bridgehead atoms. The molecule has 23 heavy (non-hydrogen) atoms. The van der Waals surface area contributed by atoms with Crippen LogP contribution in [0.1, 0.15) is 5.56 Å². The van der Waals surface area contributed by atoms with Crippen molar-refractivity contribution in [2.75, 3.05) is 53.0 Å². The molecule has 0 aromatic heterocycles. The van der Waals surface area contributed by atoms with E-state index in [1.54, 1.807) is 7.05 Å². The topological polar surface area (TPSA) is 58.1 Å². The molecule has 0 aliphatic carbocycles. The molecule has 3 rings (SSSR count). The van der Waals surface area contributed by atoms with E-state index in [-0.39, 0.29) is 6.10 Å². The number of morpholine rings is 1. The molecule has 0 spiro atoms. The maximum absolute atomic E-state index is 5.93. The molecule has 1 unspecified atom stereocenters. The van der Waals surface area contributed by atoms with Gasteiger partial charge in [-0.1, -0.05) is 18.2 Å². The van der Waals surface area contributed by atoms with Crippen LogP contribution in [-0.2, 0) is 11.2 Å². The third-order valence-electron chi connectivity index (χ3n) is 4.26. The summed E-state index contributed by atoms with van der Waals surface area (Å²) in [6.45, 7) is 6.36. The van der Waals surface area contributed by atoms with Crippen molar-refractivity contribution in [1.29, 1.82) is 0 Å². The predicted octanol–water partition coefficient (Wildman–Crippen LogP) is 0.487. The molecule has 1 saturated heterocycles. The number of nitrogens with one attached hydrogen (secondary N) is 2. The molecule has 2 heterocycles. The van der Waals surface area contributed by atoms with Gasteiger partial charge >= 0.3 is 0 Å². The van der Waals surface area contributed by atoms with Crippen LogP contribution >= 0.6 is 0 Å². The number of hydrogen-bond acceptors (Lipinski definition) is 4. The second kappa shape index (κ2) is 8.17. The van der Waals surface area contributed by atoms with Crippen LogP contribution < -0.4 is 15.4 Å². The van der Waals surface area contributed by atoms with E-state index in [2.05, 4.69) is 32.7 Å². The minimum absolute atomic E-state index is 0.171. The minimum atomic E-state index is 0.171. The third kappa shape index (κ3) is 4.59. The van der Waals surface area contributed by atoms with Crippen molar-refractivity contribution >= 4 is 5.96 Å². The number of nitrogens with zero attached hydrogens (tertiary/aromatic N) is 2. The summed E-state index contributed by atoms with van der Waals surface area (Å²) in [4.78, 5) is 6.68. The highest BCUT2D eigenvalue weighted by Gasteiger charge is 2.22. The van der Waals surface area contributed by atoms with Crippen molar-refractivity contribution < 1.29 is 9.47 Å². The molecular weight excluding hydrogens is 292 g/mol. The van der Waals surface area contributed by atoms with Crippen LogP contribution in [0.2, 0.25) is 0 Å². The Morgan fingerprint density at radius 1 is 1.26 bits per heavy atom. The first-order valence-electron chi connectivity index (χ1n) is 8.34. The number of para-hydroxylation sites is 1. The standard InChI is InChI=1S/C17H26N4O2/c1-18-17(19-6-7-21-8-10-22-11-9-21)20-13-15-12-14-4-2-3-5-16(14)23-15/h2-5,15H,6-13H2,1H3,(H2,18,19,20). The van der Waals surface area contributed by atoms with E-state index in [4.69, 9.17) is 9.47 Å². The molecule has 2 aliphatic rings. The molecule has 6 heteroatoms. The van der Waals surface area contributed by atoms with Gasteiger partial charge in [-0.2, -0.15) is 0 Å². The smallest absolute Gasteiger partial charge is 0.191 e. The normalized spacial score (nSPS) is 21.6. The largest absolute Gasteiger partial charge is 0.488 e. The highest BCUT2D eigenvalue weighted by Crippen LogP contribution is 2.27. The van der Waals surface area contributed by atoms with Gasteiger partial charge < -0.3 is 20.1 Å². The second-order valence-electron chi connectivity index (χ2n) is 5.89. The van der Waals surface area contributed by atoms with Crippen molar-refractivity contribution in [2.24, 2.45) is 4.99 Å². The quantitative estimate of drug-likeness (QED) is 0.611. The lowest BCUT2D eigenvalue weighted by atomic mass is 10.1. The van der Waals surface area contributed by atoms with Crippen LogP contribution in [0.3, 0.4) is 0 Å². The van der Waals surface area contributed by atoms with Gasteiger partial charge in [0.05, 0.1) is 19.8 Å². The van der Waals surface area contributed by atoms with Crippen molar-refractivity contribution in [3.63, 3.8) is 0 Å². The lowest BCUT2D eigenvalue weighted by Gasteiger charge is -2.26. The van der Waals surface area contributed by atoms with Crippen LogP contribution in [0.4, 0.5) is 0 Å². The molecule has 1 aromatic rings. The van der Waals surface area contributed by atoms with Gasteiger partial charge in [0.1, 0.15) is 11.9 Å². The fourth-order valence-corrected chi connectivity index (χ4v) is 2.96. The number of guanidine groups is 1. The molecule has 126 valence electrons. The first kappa shape index (κ1) is 16.1. The van der Waals surface area contributed by atoms with Gasteiger partial charge in [-0.05, 0) is 11.6 Å². The number of rotatable bonds is 5. The summed E-state index contributed by atoms with van der Waals surface area (Å²) in [5, 5.41) is 6.72. The van der Waals surface area contributed by atoms with Gasteiger partial charge in [-0.15, -0.1) is 0 Å². The van der Waals surface area contributed by atoms with Crippen molar-refractivity contribution in [3.05, 3.63) is 29.8 Å². The molecule has 0 radical (unpaired) electrons. The van der Waals surface area contributed by atoms with Crippen LogP contribution in [0.15, 0.2) is 29.3 Å². The Balaban J connectivity index is 1.35. The summed E-state index contributed by atoms with van der Waals surface area (Å²) in [7, 11) is 1.80. The molecule has 1 atom stereocenters. The molecule has 0 amide bonds. The van der Waals surface area contributed by atoms with E-state index in [1.807, 2.05) is 12.1 Å². The summed E-state index contributed by atoms with van der Waals surface area (Å²) < 4.78 is 11.3. The summed E-state index contributed by atoms with van der Waals surface area (Å²) in [5.74, 6) is 1.84. The average Bonchev–Trinajstić information content (AvgIpc) is 3.01. The van der Waals surface area contributed by atoms with Gasteiger partial charge in [0, 0.05) is 39.6 Å². The van der Waals surface area contributed by atoms with E-state index in [1.165, 1.54) is 5.56 Å². The summed E-state index contributed by atoms with van der Waals surface area (Å²) >= 11 is 0. The Kier molecular flexibility index (Phi) is 5.71. The highest BCUT2D eigenvalue weighted by atomic mass is 16.5. The minimum Gasteiger partial charge on any atom is -0.488 e. The molecule has 2 N–H and O–H groups in total. The molecule has 0 saturated carbocycles. The molecular formula is C17H26N4O2. The zero-order chi connectivity index (χ0) is 15.9. The average molecular weight is 318 g/mol. The summed E-state index contributed by atoms with van der Waals surface area (Å²) in [5.41, 5.74) is 1.29. The zero-order valence-corrected chi connectivity index (χ0v) is 13.8. The van der Waals surface area contributed by atoms with Crippen molar-refractivity contribution in [1.82, 2.24) is 15.5 Å². The Morgan fingerprint density at radius 2 is 2.09 bits per heavy atom. The van der Waals surface area contributed by atoms with Gasteiger partial charge in [0.2, 0.25) is 0 Å². The van der Waals surface area contributed by atoms with Gasteiger partial charge in [-0.25, -0.2) is 0 Å². The Labute approximate surface area is 137 Å². The van der Waals surface area contributed by atoms with Crippen molar-refractivity contribution in [2.45, 2.75) is 12.5 Å². The number of fused-ring (bicyclic) bond motifs is 1. The number of benzene rings is 1. The predicted molar refractivity (Wildman–Crippen MR) is 91.2 cm³/mol. The van der Waals surface area contributed by atoms with Gasteiger partial charge in [0.15, 0.2) is 5.96 Å². The lowest BCUT2D eigenvalue weighted by Crippen LogP contribution is -2.46. The molecule has 6 nitrogen and oxygen atoms in total. The fraction of sp³-hybridized carbons (Fsp3) is 0.588. The number of hydrogen-bond donors (Lipinski definition) is 2. The molecule has 1 fully saturated rings. The van der Waals surface area contributed by atoms with E-state index in [0.717, 1.165) is 64.1 Å². The van der Waals surface area contributed by atoms with Gasteiger partial charge in [0.25, 0.3) is 0 Å². The van der Waals surface area contributed by atoms with Crippen LogP contribution in [0.25, 0.3) is 0 Å². The van der Waals surface area contributed by atoms with Crippen LogP contribution in [0.5, 0.6) is 5.75 Å². The van der Waals surface area contributed by atoms with Crippen molar-refractivity contribution in [3.8, 4) is 5.75 Å². The Morgan fingerprint density at radius 3 is 2.87 bits per heavy atom.